The fraction of sp³-hybridized carbons (Fsp3) is 0.379. The summed E-state index contributed by atoms with van der Waals surface area (Å²) in [7, 11) is 2.00. The Labute approximate surface area is 249 Å². The largest absolute Gasteiger partial charge is 0.490 e. The maximum absolute atomic E-state index is 12.6. The van der Waals surface area contributed by atoms with Crippen LogP contribution in [-0.2, 0) is 29.4 Å². The number of para-hydroxylation sites is 1. The molecule has 2 aromatic carbocycles. The summed E-state index contributed by atoms with van der Waals surface area (Å²) in [5.74, 6) is -2.77. The first-order chi connectivity index (χ1) is 20.3. The van der Waals surface area contributed by atoms with Gasteiger partial charge < -0.3 is 29.9 Å². The van der Waals surface area contributed by atoms with Crippen LogP contribution in [0.1, 0.15) is 34.8 Å². The molecule has 2 aromatic heterocycles. The first-order valence-corrected chi connectivity index (χ1v) is 14.3. The van der Waals surface area contributed by atoms with Gasteiger partial charge >= 0.3 is 12.1 Å². The number of aliphatic carboxylic acids is 1. The number of fused-ring (bicyclic) bond motifs is 2. The predicted molar refractivity (Wildman–Crippen MR) is 157 cm³/mol. The molecule has 0 aliphatic carbocycles. The maximum Gasteiger partial charge on any atom is 0.490 e. The molecule has 6 rings (SSSR count). The van der Waals surface area contributed by atoms with Gasteiger partial charge in [-0.2, -0.15) is 13.2 Å². The number of carbonyl (C=O) groups is 2. The highest BCUT2D eigenvalue weighted by Crippen LogP contribution is 2.34. The van der Waals surface area contributed by atoms with Crippen LogP contribution in [0.2, 0.25) is 0 Å². The van der Waals surface area contributed by atoms with E-state index >= 15 is 0 Å². The van der Waals surface area contributed by atoms with Crippen LogP contribution in [0.5, 0.6) is 0 Å². The summed E-state index contributed by atoms with van der Waals surface area (Å²) in [5, 5.41) is 14.7. The molecule has 0 saturated carbocycles. The van der Waals surface area contributed by atoms with E-state index in [1.165, 1.54) is 16.9 Å². The van der Waals surface area contributed by atoms with Gasteiger partial charge in [0.05, 0.1) is 42.5 Å². The Hall–Kier alpha value is -4.17. The zero-order valence-corrected chi connectivity index (χ0v) is 24.6. The molecule has 14 heteroatoms. The van der Waals surface area contributed by atoms with Gasteiger partial charge in [0.25, 0.3) is 5.91 Å². The summed E-state index contributed by atoms with van der Waals surface area (Å²) in [6.45, 7) is 6.14. The van der Waals surface area contributed by atoms with E-state index < -0.39 is 12.1 Å². The number of halogens is 3. The van der Waals surface area contributed by atoms with Crippen molar-refractivity contribution in [3.8, 4) is 0 Å². The Kier molecular flexibility index (Phi) is 8.34. The summed E-state index contributed by atoms with van der Waals surface area (Å²) < 4.78 is 39.6. The number of morpholine rings is 1. The Morgan fingerprint density at radius 1 is 1.26 bits per heavy atom. The molecule has 1 unspecified atom stereocenters. The van der Waals surface area contributed by atoms with E-state index in [0.717, 1.165) is 57.5 Å². The normalized spacial score (nSPS) is 18.0. The van der Waals surface area contributed by atoms with Gasteiger partial charge in [-0.05, 0) is 50.1 Å². The van der Waals surface area contributed by atoms with Crippen LogP contribution in [0.25, 0.3) is 11.0 Å². The number of imidazole rings is 1. The van der Waals surface area contributed by atoms with E-state index in [9.17, 15) is 18.0 Å². The van der Waals surface area contributed by atoms with Crippen molar-refractivity contribution in [3.05, 3.63) is 64.9 Å². The summed E-state index contributed by atoms with van der Waals surface area (Å²) >= 11 is 1.50. The molecule has 43 heavy (non-hydrogen) atoms. The van der Waals surface area contributed by atoms with Crippen LogP contribution in [0.15, 0.2) is 48.8 Å². The molecular weight excluding hydrogens is 585 g/mol. The lowest BCUT2D eigenvalue weighted by molar-refractivity contribution is -0.192. The second kappa shape index (κ2) is 11.8. The van der Waals surface area contributed by atoms with Crippen LogP contribution >= 0.6 is 11.3 Å². The van der Waals surface area contributed by atoms with Crippen LogP contribution in [0.3, 0.4) is 0 Å². The van der Waals surface area contributed by atoms with Gasteiger partial charge in [-0.15, -0.1) is 0 Å². The number of anilines is 3. The Morgan fingerprint density at radius 3 is 2.74 bits per heavy atom. The van der Waals surface area contributed by atoms with Crippen molar-refractivity contribution in [1.29, 1.82) is 0 Å². The van der Waals surface area contributed by atoms with Crippen molar-refractivity contribution in [2.24, 2.45) is 7.05 Å². The van der Waals surface area contributed by atoms with Crippen molar-refractivity contribution >= 4 is 50.8 Å². The molecule has 4 heterocycles. The number of amides is 1. The molecule has 4 aromatic rings. The van der Waals surface area contributed by atoms with Gasteiger partial charge in [-0.25, -0.2) is 14.8 Å². The molecular formula is C29H31F3N6O4S. The number of nitrogens with zero attached hydrogens (tertiary/aromatic N) is 4. The lowest BCUT2D eigenvalue weighted by Crippen LogP contribution is -2.48. The van der Waals surface area contributed by atoms with Gasteiger partial charge in [0.1, 0.15) is 10.4 Å². The van der Waals surface area contributed by atoms with Gasteiger partial charge in [-0.3, -0.25) is 4.79 Å². The second-order valence-electron chi connectivity index (χ2n) is 11.1. The molecule has 2 aliphatic heterocycles. The molecule has 10 nitrogen and oxygen atoms in total. The highest BCUT2D eigenvalue weighted by Gasteiger charge is 2.38. The number of thiazole rings is 1. The number of carbonyl (C=O) groups excluding carboxylic acids is 1. The molecule has 3 N–H and O–H groups in total. The maximum atomic E-state index is 12.6. The van der Waals surface area contributed by atoms with Crippen molar-refractivity contribution in [3.63, 3.8) is 0 Å². The molecule has 1 saturated heterocycles. The monoisotopic (exact) mass is 616 g/mol. The molecule has 1 fully saturated rings. The van der Waals surface area contributed by atoms with Gasteiger partial charge in [0.2, 0.25) is 0 Å². The lowest BCUT2D eigenvalue weighted by atomic mass is 9.94. The Bertz CT molecular complexity index is 1650. The van der Waals surface area contributed by atoms with Crippen molar-refractivity contribution in [2.75, 3.05) is 30.0 Å². The van der Waals surface area contributed by atoms with Crippen molar-refractivity contribution in [2.45, 2.75) is 44.4 Å². The fourth-order valence-electron chi connectivity index (χ4n) is 5.12. The number of hydrogen-bond acceptors (Lipinski definition) is 8. The van der Waals surface area contributed by atoms with E-state index in [4.69, 9.17) is 19.6 Å². The van der Waals surface area contributed by atoms with Crippen molar-refractivity contribution < 1.29 is 32.6 Å². The molecule has 1 amide bonds. The van der Waals surface area contributed by atoms with Gasteiger partial charge in [0, 0.05) is 31.2 Å². The number of carboxylic acid groups (broad SMARTS) is 1. The number of aromatic nitrogens is 3. The number of benzene rings is 2. The van der Waals surface area contributed by atoms with Crippen LogP contribution in [0.4, 0.5) is 29.7 Å². The zero-order valence-electron chi connectivity index (χ0n) is 23.7. The Morgan fingerprint density at radius 2 is 2.00 bits per heavy atom. The number of hydrogen-bond donors (Lipinski definition) is 3. The SMILES string of the molecule is Cn1cnc2c(Nc3cccc(CC4COCCN4c4nc5c(s4)C(=O)NC(C)(C)C5)c3)cccc21.O=C(O)C(F)(F)F. The Balaban J connectivity index is 0.000000472. The standard InChI is InChI=1S/C27H30N6O2S.C2HF3O2/c1-27(2)14-21-24(25(34)31-27)36-26(30-21)33-10-11-35-15-19(33)13-17-6-4-7-18(12-17)29-20-8-5-9-22-23(20)28-16-32(22)3;3-2(4,5)1(6)7/h4-9,12,16,19,29H,10-11,13-15H2,1-3H3,(H,31,34);(H,6,7). The summed E-state index contributed by atoms with van der Waals surface area (Å²) in [6, 6.07) is 14.8. The second-order valence-corrected chi connectivity index (χ2v) is 12.0. The van der Waals surface area contributed by atoms with Crippen LogP contribution in [-0.4, -0.2) is 69.0 Å². The highest BCUT2D eigenvalue weighted by molar-refractivity contribution is 7.17. The highest BCUT2D eigenvalue weighted by atomic mass is 32.1. The first-order valence-electron chi connectivity index (χ1n) is 13.5. The smallest absolute Gasteiger partial charge is 0.475 e. The molecule has 1 atom stereocenters. The fourth-order valence-corrected chi connectivity index (χ4v) is 6.20. The first kappa shape index (κ1) is 30.3. The lowest BCUT2D eigenvalue weighted by Gasteiger charge is -2.35. The molecule has 0 radical (unpaired) electrons. The minimum absolute atomic E-state index is 0.0171. The zero-order chi connectivity index (χ0) is 30.9. The van der Waals surface area contributed by atoms with E-state index in [0.29, 0.717) is 13.2 Å². The number of alkyl halides is 3. The third kappa shape index (κ3) is 6.91. The molecule has 228 valence electrons. The summed E-state index contributed by atoms with van der Waals surface area (Å²) in [5.41, 5.74) is 5.91. The quantitative estimate of drug-likeness (QED) is 0.289. The number of nitrogens with one attached hydrogen (secondary N) is 2. The van der Waals surface area contributed by atoms with E-state index in [2.05, 4.69) is 56.9 Å². The summed E-state index contributed by atoms with van der Waals surface area (Å²) in [6.07, 6.45) is -1.67. The van der Waals surface area contributed by atoms with Crippen molar-refractivity contribution in [1.82, 2.24) is 19.9 Å². The van der Waals surface area contributed by atoms with Crippen LogP contribution in [0, 0.1) is 0 Å². The molecule has 0 spiro atoms. The molecule has 0 bridgehead atoms. The van der Waals surface area contributed by atoms with E-state index in [1.807, 2.05) is 37.9 Å². The van der Waals surface area contributed by atoms with Gasteiger partial charge in [-0.1, -0.05) is 29.5 Å². The van der Waals surface area contributed by atoms with E-state index in [-0.39, 0.29) is 17.5 Å². The number of aryl methyl sites for hydroxylation is 1. The minimum atomic E-state index is -5.08. The average Bonchev–Trinajstić information content (AvgIpc) is 3.53. The van der Waals surface area contributed by atoms with E-state index in [1.54, 1.807) is 0 Å². The van der Waals surface area contributed by atoms with Gasteiger partial charge in [0.15, 0.2) is 5.13 Å². The topological polar surface area (TPSA) is 122 Å². The third-order valence-corrected chi connectivity index (χ3v) is 8.23. The predicted octanol–water partition coefficient (Wildman–Crippen LogP) is 4.92. The third-order valence-electron chi connectivity index (χ3n) is 7.10. The average molecular weight is 617 g/mol. The minimum Gasteiger partial charge on any atom is -0.475 e. The summed E-state index contributed by atoms with van der Waals surface area (Å²) in [4.78, 5) is 34.1. The molecule has 2 aliphatic rings. The van der Waals surface area contributed by atoms with Crippen LogP contribution < -0.4 is 15.5 Å². The number of ether oxygens (including phenoxy) is 1. The number of carboxylic acids is 1. The number of rotatable bonds is 5.